The van der Waals surface area contributed by atoms with E-state index >= 15 is 0 Å². The lowest BCUT2D eigenvalue weighted by Crippen LogP contribution is -2.52. The van der Waals surface area contributed by atoms with Crippen LogP contribution in [0.1, 0.15) is 38.2 Å². The molecule has 6 nitrogen and oxygen atoms in total. The van der Waals surface area contributed by atoms with Crippen LogP contribution >= 0.6 is 0 Å². The molecular weight excluding hydrogens is 318 g/mol. The summed E-state index contributed by atoms with van der Waals surface area (Å²) in [5.74, 6) is 0.753. The number of benzene rings is 1. The first kappa shape index (κ1) is 17.7. The van der Waals surface area contributed by atoms with Gasteiger partial charge in [-0.2, -0.15) is 0 Å². The van der Waals surface area contributed by atoms with Gasteiger partial charge in [0.25, 0.3) is 0 Å². The van der Waals surface area contributed by atoms with Gasteiger partial charge < -0.3 is 20.3 Å². The van der Waals surface area contributed by atoms with Crippen molar-refractivity contribution in [1.29, 1.82) is 0 Å². The number of hydrogen-bond donors (Lipinski definition) is 2. The summed E-state index contributed by atoms with van der Waals surface area (Å²) < 4.78 is 6.43. The van der Waals surface area contributed by atoms with Gasteiger partial charge >= 0.3 is 0 Å². The molecule has 1 spiro atoms. The van der Waals surface area contributed by atoms with Crippen molar-refractivity contribution in [3.05, 3.63) is 29.8 Å². The quantitative estimate of drug-likeness (QED) is 0.870. The van der Waals surface area contributed by atoms with Gasteiger partial charge in [0.05, 0.1) is 6.54 Å². The van der Waals surface area contributed by atoms with Crippen LogP contribution in [-0.2, 0) is 16.1 Å². The molecule has 0 bridgehead atoms. The second-order valence-corrected chi connectivity index (χ2v) is 7.14. The molecule has 0 saturated heterocycles. The Bertz CT molecular complexity index is 639. The van der Waals surface area contributed by atoms with Crippen LogP contribution in [0.5, 0.6) is 5.75 Å². The molecule has 1 heterocycles. The Morgan fingerprint density at radius 3 is 2.76 bits per heavy atom. The normalized spacial score (nSPS) is 25.4. The standard InChI is InChI=1S/C19H27N3O3/c1-14(23)21-12-18(24)22(2)16-7-9-19(10-8-16)13-20-11-15-5-3-4-6-17(15)25-19/h3-6,16,20H,7-13H2,1-2H3,(H,21,23). The molecule has 136 valence electrons. The Labute approximate surface area is 148 Å². The summed E-state index contributed by atoms with van der Waals surface area (Å²) in [4.78, 5) is 25.0. The summed E-state index contributed by atoms with van der Waals surface area (Å²) in [5, 5.41) is 6.09. The number of likely N-dealkylation sites (N-methyl/N-ethyl adjacent to an activating group) is 1. The number of rotatable bonds is 3. The van der Waals surface area contributed by atoms with Crippen LogP contribution in [-0.4, -0.2) is 48.5 Å². The molecule has 25 heavy (non-hydrogen) atoms. The van der Waals surface area contributed by atoms with Gasteiger partial charge in [-0.15, -0.1) is 0 Å². The monoisotopic (exact) mass is 345 g/mol. The number of ether oxygens (including phenoxy) is 1. The van der Waals surface area contributed by atoms with E-state index in [1.54, 1.807) is 4.90 Å². The van der Waals surface area contributed by atoms with Crippen LogP contribution in [0, 0.1) is 0 Å². The van der Waals surface area contributed by atoms with Gasteiger partial charge in [-0.1, -0.05) is 18.2 Å². The van der Waals surface area contributed by atoms with Crippen molar-refractivity contribution in [2.75, 3.05) is 20.1 Å². The number of hydrogen-bond acceptors (Lipinski definition) is 4. The molecule has 0 radical (unpaired) electrons. The highest BCUT2D eigenvalue weighted by atomic mass is 16.5. The molecule has 2 N–H and O–H groups in total. The first-order chi connectivity index (χ1) is 12.0. The highest BCUT2D eigenvalue weighted by Crippen LogP contribution is 2.37. The number of carbonyl (C=O) groups is 2. The molecule has 2 aliphatic rings. The molecule has 1 aromatic rings. The van der Waals surface area contributed by atoms with Gasteiger partial charge in [0, 0.05) is 38.7 Å². The van der Waals surface area contributed by atoms with Crippen molar-refractivity contribution < 1.29 is 14.3 Å². The second kappa shape index (κ2) is 7.44. The first-order valence-corrected chi connectivity index (χ1v) is 8.97. The molecule has 0 aromatic heterocycles. The maximum absolute atomic E-state index is 12.2. The lowest BCUT2D eigenvalue weighted by molar-refractivity contribution is -0.134. The average molecular weight is 345 g/mol. The van der Waals surface area contributed by atoms with E-state index in [-0.39, 0.29) is 30.0 Å². The molecule has 0 atom stereocenters. The Morgan fingerprint density at radius 1 is 1.32 bits per heavy atom. The van der Waals surface area contributed by atoms with Gasteiger partial charge in [0.1, 0.15) is 11.4 Å². The minimum absolute atomic E-state index is 0.0404. The van der Waals surface area contributed by atoms with Crippen molar-refractivity contribution in [2.45, 2.75) is 50.8 Å². The minimum atomic E-state index is -0.190. The lowest BCUT2D eigenvalue weighted by Gasteiger charge is -2.42. The van der Waals surface area contributed by atoms with Gasteiger partial charge in [-0.25, -0.2) is 0 Å². The Kier molecular flexibility index (Phi) is 5.27. The highest BCUT2D eigenvalue weighted by molar-refractivity contribution is 5.83. The van der Waals surface area contributed by atoms with Crippen LogP contribution in [0.3, 0.4) is 0 Å². The van der Waals surface area contributed by atoms with Crippen LogP contribution < -0.4 is 15.4 Å². The summed E-state index contributed by atoms with van der Waals surface area (Å²) in [6.45, 7) is 3.15. The molecule has 1 saturated carbocycles. The molecule has 1 aliphatic carbocycles. The zero-order valence-corrected chi connectivity index (χ0v) is 15.0. The van der Waals surface area contributed by atoms with Crippen molar-refractivity contribution in [1.82, 2.24) is 15.5 Å². The third kappa shape index (κ3) is 4.12. The third-order valence-corrected chi connectivity index (χ3v) is 5.36. The van der Waals surface area contributed by atoms with E-state index in [4.69, 9.17) is 4.74 Å². The molecule has 1 aliphatic heterocycles. The molecule has 0 unspecified atom stereocenters. The Morgan fingerprint density at radius 2 is 2.04 bits per heavy atom. The number of nitrogens with one attached hydrogen (secondary N) is 2. The molecule has 6 heteroatoms. The minimum Gasteiger partial charge on any atom is -0.486 e. The summed E-state index contributed by atoms with van der Waals surface area (Å²) >= 11 is 0. The van der Waals surface area contributed by atoms with E-state index in [0.717, 1.165) is 44.5 Å². The predicted molar refractivity (Wildman–Crippen MR) is 95.2 cm³/mol. The van der Waals surface area contributed by atoms with Crippen molar-refractivity contribution in [2.24, 2.45) is 0 Å². The zero-order chi connectivity index (χ0) is 17.9. The second-order valence-electron chi connectivity index (χ2n) is 7.14. The number of nitrogens with zero attached hydrogens (tertiary/aromatic N) is 1. The van der Waals surface area contributed by atoms with Gasteiger partial charge in [-0.3, -0.25) is 9.59 Å². The third-order valence-electron chi connectivity index (χ3n) is 5.36. The molecular formula is C19H27N3O3. The fraction of sp³-hybridized carbons (Fsp3) is 0.579. The fourth-order valence-corrected chi connectivity index (χ4v) is 3.77. The van der Waals surface area contributed by atoms with E-state index in [9.17, 15) is 9.59 Å². The number of para-hydroxylation sites is 1. The van der Waals surface area contributed by atoms with Crippen molar-refractivity contribution >= 4 is 11.8 Å². The fourth-order valence-electron chi connectivity index (χ4n) is 3.77. The molecule has 1 fully saturated rings. The van der Waals surface area contributed by atoms with Crippen LogP contribution in [0.25, 0.3) is 0 Å². The molecule has 2 amide bonds. The SMILES string of the molecule is CC(=O)NCC(=O)N(C)C1CCC2(CC1)CNCc1ccccc1O2. The van der Waals surface area contributed by atoms with Crippen molar-refractivity contribution in [3.63, 3.8) is 0 Å². The predicted octanol–water partition coefficient (Wildman–Crippen LogP) is 1.44. The Hall–Kier alpha value is -2.08. The van der Waals surface area contributed by atoms with Gasteiger partial charge in [0.2, 0.25) is 11.8 Å². The summed E-state index contributed by atoms with van der Waals surface area (Å²) in [5.41, 5.74) is 1.01. The van der Waals surface area contributed by atoms with Crippen LogP contribution in [0.15, 0.2) is 24.3 Å². The van der Waals surface area contributed by atoms with E-state index in [1.807, 2.05) is 25.2 Å². The van der Waals surface area contributed by atoms with E-state index < -0.39 is 0 Å². The Balaban J connectivity index is 1.59. The molecule has 1 aromatic carbocycles. The van der Waals surface area contributed by atoms with Crippen molar-refractivity contribution in [3.8, 4) is 5.75 Å². The average Bonchev–Trinajstić information content (AvgIpc) is 2.78. The van der Waals surface area contributed by atoms with E-state index in [0.29, 0.717) is 0 Å². The first-order valence-electron chi connectivity index (χ1n) is 8.97. The molecule has 3 rings (SSSR count). The smallest absolute Gasteiger partial charge is 0.241 e. The van der Waals surface area contributed by atoms with E-state index in [1.165, 1.54) is 12.5 Å². The zero-order valence-electron chi connectivity index (χ0n) is 15.0. The topological polar surface area (TPSA) is 70.7 Å². The highest BCUT2D eigenvalue weighted by Gasteiger charge is 2.40. The summed E-state index contributed by atoms with van der Waals surface area (Å²) in [6, 6.07) is 8.39. The largest absolute Gasteiger partial charge is 0.486 e. The van der Waals surface area contributed by atoms with Crippen LogP contribution in [0.2, 0.25) is 0 Å². The van der Waals surface area contributed by atoms with Gasteiger partial charge in [0.15, 0.2) is 0 Å². The van der Waals surface area contributed by atoms with E-state index in [2.05, 4.69) is 16.7 Å². The summed E-state index contributed by atoms with van der Waals surface area (Å²) in [6.07, 6.45) is 3.64. The van der Waals surface area contributed by atoms with Gasteiger partial charge in [-0.05, 0) is 31.7 Å². The number of carbonyl (C=O) groups excluding carboxylic acids is 2. The van der Waals surface area contributed by atoms with Crippen LogP contribution in [0.4, 0.5) is 0 Å². The number of fused-ring (bicyclic) bond motifs is 1. The maximum atomic E-state index is 12.2. The maximum Gasteiger partial charge on any atom is 0.241 e. The summed E-state index contributed by atoms with van der Waals surface area (Å²) in [7, 11) is 1.83. The lowest BCUT2D eigenvalue weighted by atomic mass is 9.81. The number of amides is 2.